The lowest BCUT2D eigenvalue weighted by atomic mass is 9.92. The number of nitrogens with zero attached hydrogens (tertiary/aromatic N) is 8. The van der Waals surface area contributed by atoms with Crippen molar-refractivity contribution in [3.05, 3.63) is 130 Å². The van der Waals surface area contributed by atoms with Crippen LogP contribution < -0.4 is 30.7 Å². The van der Waals surface area contributed by atoms with E-state index in [1.165, 1.54) is 15.6 Å². The number of nitrogens with one attached hydrogen (secondary N) is 2. The third-order valence-corrected chi connectivity index (χ3v) is 17.7. The predicted octanol–water partition coefficient (Wildman–Crippen LogP) is 9.40. The number of fused-ring (bicyclic) bond motifs is 4. The van der Waals surface area contributed by atoms with Crippen molar-refractivity contribution in [1.29, 1.82) is 5.26 Å². The molecule has 4 aliphatic heterocycles. The number of nitriles is 1. The molecule has 85 heavy (non-hydrogen) atoms. The molecule has 4 aliphatic rings. The standard InChI is InChI=1S/C61H58ClF4N11O7S/c1-31(2)53(59(81)76-27-38(79)22-49(76)58(80)70-48(29-78)35-13-11-33(12-14-35)40-5-3-4-6-45(40)62)77-28-47(73-74-77)34-9-7-32(8-10-34)30-83-54-51(41-15-16-46(63)55-50(41)43(24-67)56(68)85-55)44(61(64,65)66)23-42-52(54)71-60(84-39-17-19-82-20-18-39)72-57(42)75-26-36-21-37(75)25-69-36/h3-16,23,28,31,36-39,48-49,53,69,78-79H,17-22,25-27,29-30,68H2,1-2H3,(H,70,80)/t36-,37-,38+,48-,49-,53-/m0/s1. The number of nitrogens with two attached hydrogens (primary N) is 1. The Balaban J connectivity index is 0.844. The molecule has 8 aromatic rings. The molecular formula is C61H58ClF4N11O7S. The lowest BCUT2D eigenvalue weighted by Crippen LogP contribution is -2.50. The first-order chi connectivity index (χ1) is 41.0. The molecule has 5 aromatic carbocycles. The molecule has 0 radical (unpaired) electrons. The Hall–Kier alpha value is -7.98. The number of aliphatic hydroxyl groups is 2. The number of aromatic nitrogens is 5. The molecule has 18 nitrogen and oxygen atoms in total. The molecule has 6 N–H and O–H groups in total. The zero-order valence-electron chi connectivity index (χ0n) is 46.0. The summed E-state index contributed by atoms with van der Waals surface area (Å²) >= 11 is 7.18. The Bertz CT molecular complexity index is 3890. The number of rotatable bonds is 16. The Labute approximate surface area is 494 Å². The summed E-state index contributed by atoms with van der Waals surface area (Å²) < 4.78 is 83.6. The van der Waals surface area contributed by atoms with Crippen LogP contribution in [0.3, 0.4) is 0 Å². The molecule has 0 saturated carbocycles. The number of hydrogen-bond donors (Lipinski definition) is 5. The highest BCUT2D eigenvalue weighted by atomic mass is 35.5. The molecule has 7 heterocycles. The summed E-state index contributed by atoms with van der Waals surface area (Å²) in [7, 11) is 0. The van der Waals surface area contributed by atoms with Gasteiger partial charge in [0.15, 0.2) is 5.75 Å². The highest BCUT2D eigenvalue weighted by Crippen LogP contribution is 2.52. The highest BCUT2D eigenvalue weighted by molar-refractivity contribution is 7.23. The van der Waals surface area contributed by atoms with Gasteiger partial charge in [0.05, 0.1) is 54.0 Å². The second-order valence-electron chi connectivity index (χ2n) is 22.2. The van der Waals surface area contributed by atoms with Crippen LogP contribution in [-0.4, -0.2) is 122 Å². The number of hydrogen-bond acceptors (Lipinski definition) is 16. The Kier molecular flexibility index (Phi) is 15.9. The van der Waals surface area contributed by atoms with Gasteiger partial charge in [-0.1, -0.05) is 103 Å². The first-order valence-corrected chi connectivity index (χ1v) is 29.2. The van der Waals surface area contributed by atoms with Crippen molar-refractivity contribution in [3.63, 3.8) is 0 Å². The van der Waals surface area contributed by atoms with Crippen molar-refractivity contribution in [2.24, 2.45) is 5.92 Å². The van der Waals surface area contributed by atoms with Gasteiger partial charge in [0.1, 0.15) is 58.7 Å². The highest BCUT2D eigenvalue weighted by Gasteiger charge is 2.45. The number of aliphatic hydroxyl groups excluding tert-OH is 2. The molecule has 440 valence electrons. The van der Waals surface area contributed by atoms with Crippen molar-refractivity contribution in [2.75, 3.05) is 50.1 Å². The number of thiophene rings is 1. The number of halogens is 5. The lowest BCUT2D eigenvalue weighted by Gasteiger charge is -2.31. The van der Waals surface area contributed by atoms with Crippen LogP contribution in [0.15, 0.2) is 97.2 Å². The summed E-state index contributed by atoms with van der Waals surface area (Å²) in [5, 5.41) is 47.2. The van der Waals surface area contributed by atoms with E-state index in [2.05, 4.69) is 20.9 Å². The fraction of sp³-hybridized carbons (Fsp3) is 0.361. The molecule has 3 aromatic heterocycles. The third-order valence-electron chi connectivity index (χ3n) is 16.4. The lowest BCUT2D eigenvalue weighted by molar-refractivity contribution is -0.142. The molecule has 4 fully saturated rings. The van der Waals surface area contributed by atoms with Gasteiger partial charge < -0.3 is 50.6 Å². The van der Waals surface area contributed by atoms with E-state index in [-0.39, 0.29) is 98.4 Å². The van der Waals surface area contributed by atoms with Crippen LogP contribution in [-0.2, 0) is 27.1 Å². The number of carbonyl (C=O) groups excluding carboxylic acids is 2. The molecule has 2 bridgehead atoms. The van der Waals surface area contributed by atoms with Gasteiger partial charge in [0.25, 0.3) is 0 Å². The van der Waals surface area contributed by atoms with Gasteiger partial charge in [-0.05, 0) is 52.8 Å². The average molecular weight is 1200 g/mol. The maximum atomic E-state index is 16.0. The second-order valence-corrected chi connectivity index (χ2v) is 23.6. The number of β-amino-alcohol motifs (C(OH)–C–C–N with tert-alkyl or cyclic N) is 1. The van der Waals surface area contributed by atoms with Crippen LogP contribution in [0.1, 0.15) is 73.9 Å². The van der Waals surface area contributed by atoms with E-state index in [0.717, 1.165) is 41.0 Å². The molecule has 0 aliphatic carbocycles. The van der Waals surface area contributed by atoms with Gasteiger partial charge in [0.2, 0.25) is 11.8 Å². The van der Waals surface area contributed by atoms with Crippen LogP contribution in [0.4, 0.5) is 28.4 Å². The Morgan fingerprint density at radius 3 is 2.44 bits per heavy atom. The number of anilines is 2. The number of carbonyl (C=O) groups is 2. The van der Waals surface area contributed by atoms with Crippen LogP contribution in [0, 0.1) is 23.1 Å². The van der Waals surface area contributed by atoms with Crippen LogP contribution in [0.2, 0.25) is 5.02 Å². The topological polar surface area (TPSA) is 239 Å². The number of piperazine rings is 1. The van der Waals surface area contributed by atoms with E-state index in [1.54, 1.807) is 48.7 Å². The van der Waals surface area contributed by atoms with Gasteiger partial charge in [0, 0.05) is 83.5 Å². The van der Waals surface area contributed by atoms with Crippen molar-refractivity contribution in [3.8, 4) is 51.3 Å². The number of likely N-dealkylation sites (tertiary alicyclic amines) is 1. The number of nitrogen functional groups attached to an aromatic ring is 1. The summed E-state index contributed by atoms with van der Waals surface area (Å²) in [5.74, 6) is -2.22. The SMILES string of the molecule is CC(C)[C@@H](C(=O)N1C[C@H](O)C[C@H]1C(=O)N[C@@H](CO)c1ccc(-c2ccccc2Cl)cc1)n1cc(-c2ccc(COc3c(-c4ccc(F)c5sc(N)c(C#N)c45)c(C(F)(F)F)cc4c(N5C[C@@H]6C[C@H]5CN6)nc(OC5CCOCC5)nc34)cc2)nn1. The van der Waals surface area contributed by atoms with Gasteiger partial charge >= 0.3 is 12.2 Å². The Morgan fingerprint density at radius 1 is 1.00 bits per heavy atom. The fourth-order valence-corrected chi connectivity index (χ4v) is 13.3. The van der Waals surface area contributed by atoms with Crippen LogP contribution in [0.25, 0.3) is 54.5 Å². The van der Waals surface area contributed by atoms with Crippen LogP contribution >= 0.6 is 22.9 Å². The van der Waals surface area contributed by atoms with E-state index in [4.69, 9.17) is 41.5 Å². The summed E-state index contributed by atoms with van der Waals surface area (Å²) in [6.45, 7) is 4.73. The summed E-state index contributed by atoms with van der Waals surface area (Å²) in [6.07, 6.45) is -2.99. The van der Waals surface area contributed by atoms with E-state index in [0.29, 0.717) is 66.6 Å². The number of benzene rings is 5. The summed E-state index contributed by atoms with van der Waals surface area (Å²) in [6, 6.07) is 23.8. The van der Waals surface area contributed by atoms with E-state index < -0.39 is 65.8 Å². The third kappa shape index (κ3) is 11.2. The van der Waals surface area contributed by atoms with Crippen molar-refractivity contribution >= 4 is 66.6 Å². The quantitative estimate of drug-likeness (QED) is 0.0566. The molecule has 12 rings (SSSR count). The predicted molar refractivity (Wildman–Crippen MR) is 311 cm³/mol. The maximum Gasteiger partial charge on any atom is 0.417 e. The van der Waals surface area contributed by atoms with E-state index in [9.17, 15) is 25.1 Å². The molecule has 4 saturated heterocycles. The fourth-order valence-electron chi connectivity index (χ4n) is 12.1. The summed E-state index contributed by atoms with van der Waals surface area (Å²) in [4.78, 5) is 41.6. The largest absolute Gasteiger partial charge is 0.486 e. The normalized spacial score (nSPS) is 19.7. The molecular weight excluding hydrogens is 1140 g/mol. The number of alkyl halides is 3. The van der Waals surface area contributed by atoms with Crippen molar-refractivity contribution in [2.45, 2.75) is 94.7 Å². The molecule has 0 spiro atoms. The zero-order chi connectivity index (χ0) is 59.4. The van der Waals surface area contributed by atoms with Crippen molar-refractivity contribution in [1.82, 2.24) is 40.5 Å². The first kappa shape index (κ1) is 57.5. The zero-order valence-corrected chi connectivity index (χ0v) is 47.6. The number of ether oxygens (including phenoxy) is 3. The summed E-state index contributed by atoms with van der Waals surface area (Å²) in [5.41, 5.74) is 8.07. The minimum Gasteiger partial charge on any atom is -0.486 e. The van der Waals surface area contributed by atoms with Crippen molar-refractivity contribution < 1.29 is 51.6 Å². The van der Waals surface area contributed by atoms with Gasteiger partial charge in [-0.3, -0.25) is 9.59 Å². The molecule has 0 unspecified atom stereocenters. The smallest absolute Gasteiger partial charge is 0.417 e. The van der Waals surface area contributed by atoms with Gasteiger partial charge in [-0.25, -0.2) is 9.07 Å². The molecule has 6 atom stereocenters. The second kappa shape index (κ2) is 23.5. The Morgan fingerprint density at radius 2 is 1.75 bits per heavy atom. The van der Waals surface area contributed by atoms with E-state index in [1.807, 2.05) is 55.1 Å². The average Bonchev–Trinajstić information content (AvgIpc) is 1.87. The minimum atomic E-state index is -5.03. The first-order valence-electron chi connectivity index (χ1n) is 28.0. The van der Waals surface area contributed by atoms with Gasteiger partial charge in [-0.2, -0.15) is 28.4 Å². The van der Waals surface area contributed by atoms with Gasteiger partial charge in [-0.15, -0.1) is 16.4 Å². The molecule has 24 heteroatoms. The monoisotopic (exact) mass is 1200 g/mol. The minimum absolute atomic E-state index is 0.00797. The maximum absolute atomic E-state index is 16.0. The number of amides is 2. The van der Waals surface area contributed by atoms with E-state index >= 15 is 17.6 Å². The molecule has 2 amide bonds. The van der Waals surface area contributed by atoms with Crippen LogP contribution in [0.5, 0.6) is 11.8 Å².